The van der Waals surface area contributed by atoms with E-state index in [1.807, 2.05) is 0 Å². The van der Waals surface area contributed by atoms with Gasteiger partial charge in [0.1, 0.15) is 0 Å². The topological polar surface area (TPSA) is 57.5 Å². The number of rotatable bonds is 0. The molecular weight excluding hydrogens is 138 g/mol. The summed E-state index contributed by atoms with van der Waals surface area (Å²) in [5, 5.41) is 0. The molecule has 3 nitrogen and oxygen atoms in total. The minimum atomic E-state index is -2.87. The van der Waals surface area contributed by atoms with Gasteiger partial charge in [0, 0.05) is 21.1 Å². The Labute approximate surface area is 39.9 Å². The van der Waals surface area contributed by atoms with E-state index in [-0.39, 0.29) is 16.5 Å². The quantitative estimate of drug-likeness (QED) is 0.356. The molecule has 0 rings (SSSR count). The van der Waals surface area contributed by atoms with Gasteiger partial charge in [0.2, 0.25) is 0 Å². The maximum atomic E-state index is 8.70. The minimum Gasteiger partial charge on any atom is -0.134 e. The van der Waals surface area contributed by atoms with E-state index in [1.54, 1.807) is 0 Å². The Hall–Kier alpha value is 0.514. The summed E-state index contributed by atoms with van der Waals surface area (Å²) >= 11 is 0. The zero-order valence-electron chi connectivity index (χ0n) is 2.07. The molecule has 0 aliphatic heterocycles. The summed E-state index contributed by atoms with van der Waals surface area (Å²) in [6.45, 7) is 0. The Bertz CT molecular complexity index is 29.9. The first kappa shape index (κ1) is 9.10. The van der Waals surface area contributed by atoms with Crippen molar-refractivity contribution in [3.05, 3.63) is 0 Å². The molecule has 0 aromatic rings. The van der Waals surface area contributed by atoms with E-state index in [0.717, 1.165) is 0 Å². The molecule has 0 saturated carbocycles. The van der Waals surface area contributed by atoms with Crippen LogP contribution in [0.15, 0.2) is 0 Å². The van der Waals surface area contributed by atoms with Crippen LogP contribution in [0.1, 0.15) is 0 Å². The Morgan fingerprint density at radius 3 is 1.40 bits per heavy atom. The van der Waals surface area contributed by atoms with Gasteiger partial charge in [0.15, 0.2) is 0 Å². The molecule has 2 N–H and O–H groups in total. The first-order chi connectivity index (χ1) is 1.73. The van der Waals surface area contributed by atoms with Gasteiger partial charge >= 0.3 is 8.25 Å². The predicted octanol–water partition coefficient (Wildman–Crippen LogP) is -0.374. The molecule has 0 fully saturated rings. The molecule has 0 unspecified atom stereocenters. The van der Waals surface area contributed by atoms with E-state index >= 15 is 0 Å². The number of hydrogen-bond donors (Lipinski definition) is 2. The van der Waals surface area contributed by atoms with Gasteiger partial charge in [-0.25, -0.2) is 0 Å². The molecule has 0 aliphatic carbocycles. The van der Waals surface area contributed by atoms with Crippen molar-refractivity contribution in [1.29, 1.82) is 0 Å². The Morgan fingerprint density at radius 1 is 1.40 bits per heavy atom. The fraction of sp³-hybridized carbons (Fsp3) is 0. The van der Waals surface area contributed by atoms with Gasteiger partial charge in [0.05, 0.1) is 0 Å². The summed E-state index contributed by atoms with van der Waals surface area (Å²) in [7, 11) is -2.87. The Balaban J connectivity index is 0. The normalized spacial score (nSPS) is 5.20. The molecule has 0 amide bonds. The van der Waals surface area contributed by atoms with Crippen LogP contribution in [-0.2, 0) is 21.1 Å². The van der Waals surface area contributed by atoms with Gasteiger partial charge in [-0.05, 0) is 0 Å². The van der Waals surface area contributed by atoms with E-state index < -0.39 is 8.25 Å². The summed E-state index contributed by atoms with van der Waals surface area (Å²) in [4.78, 5) is 14.2. The van der Waals surface area contributed by atoms with Crippen LogP contribution in [0.2, 0.25) is 0 Å². The zero-order valence-corrected chi connectivity index (χ0v) is 3.95. The van der Waals surface area contributed by atoms with Crippen molar-refractivity contribution in [2.24, 2.45) is 0 Å². The fourth-order valence-corrected chi connectivity index (χ4v) is 0. The molecule has 0 aliphatic rings. The average Bonchev–Trinajstić information content (AvgIpc) is 0.811. The van der Waals surface area contributed by atoms with E-state index in [2.05, 4.69) is 0 Å². The van der Waals surface area contributed by atoms with Crippen LogP contribution < -0.4 is 0 Å². The molecule has 0 aromatic heterocycles. The monoisotopic (exact) mass is 139 g/mol. The Morgan fingerprint density at radius 2 is 1.40 bits per heavy atom. The zero-order chi connectivity index (χ0) is 3.58. The van der Waals surface area contributed by atoms with Gasteiger partial charge in [-0.1, -0.05) is 0 Å². The summed E-state index contributed by atoms with van der Waals surface area (Å²) < 4.78 is 8.70. The molecule has 34 valence electrons. The van der Waals surface area contributed by atoms with Crippen molar-refractivity contribution >= 4 is 8.25 Å². The molecule has 0 saturated heterocycles. The largest absolute Gasteiger partial charge is 0.692 e. The second kappa shape index (κ2) is 4.51. The smallest absolute Gasteiger partial charge is 0.134 e. The summed E-state index contributed by atoms with van der Waals surface area (Å²) in [5.74, 6) is 0. The van der Waals surface area contributed by atoms with Crippen LogP contribution in [0.5, 0.6) is 0 Å². The van der Waals surface area contributed by atoms with Crippen molar-refractivity contribution in [3.63, 3.8) is 0 Å². The summed E-state index contributed by atoms with van der Waals surface area (Å²) in [6, 6.07) is 0. The van der Waals surface area contributed by atoms with Crippen LogP contribution in [0.3, 0.4) is 0 Å². The number of hydrogen-bond acceptors (Lipinski definition) is 1. The maximum absolute atomic E-state index is 8.70. The van der Waals surface area contributed by atoms with Crippen molar-refractivity contribution < 1.29 is 30.8 Å². The molecule has 0 bridgehead atoms. The first-order valence-electron chi connectivity index (χ1n) is 0.583. The molecule has 0 radical (unpaired) electrons. The van der Waals surface area contributed by atoms with E-state index in [1.165, 1.54) is 0 Å². The minimum absolute atomic E-state index is 0. The third-order valence-electron chi connectivity index (χ3n) is 0. The average molecular weight is 140 g/mol. The SMILES string of the molecule is O=[P+](O)O.[Ni]. The van der Waals surface area contributed by atoms with E-state index in [0.29, 0.717) is 0 Å². The molecular formula is H2NiO3P+. The predicted molar refractivity (Wildman–Crippen MR) is 12.0 cm³/mol. The molecule has 0 spiro atoms. The van der Waals surface area contributed by atoms with Gasteiger partial charge in [-0.2, -0.15) is 0 Å². The molecule has 0 aromatic carbocycles. The molecule has 5 heteroatoms. The van der Waals surface area contributed by atoms with Crippen molar-refractivity contribution in [1.82, 2.24) is 0 Å². The van der Waals surface area contributed by atoms with Crippen LogP contribution in [0, 0.1) is 0 Å². The van der Waals surface area contributed by atoms with Crippen molar-refractivity contribution in [3.8, 4) is 0 Å². The molecule has 0 heterocycles. The van der Waals surface area contributed by atoms with Crippen molar-refractivity contribution in [2.75, 3.05) is 0 Å². The van der Waals surface area contributed by atoms with Gasteiger partial charge in [0.25, 0.3) is 0 Å². The van der Waals surface area contributed by atoms with Crippen molar-refractivity contribution in [2.45, 2.75) is 0 Å². The second-order valence-corrected chi connectivity index (χ2v) is 0.758. The van der Waals surface area contributed by atoms with E-state index in [9.17, 15) is 0 Å². The fourth-order valence-electron chi connectivity index (χ4n) is 0. The van der Waals surface area contributed by atoms with Gasteiger partial charge in [-0.3, -0.25) is 0 Å². The molecule has 0 atom stereocenters. The van der Waals surface area contributed by atoms with Gasteiger partial charge in [-0.15, -0.1) is 9.79 Å². The van der Waals surface area contributed by atoms with E-state index in [4.69, 9.17) is 14.4 Å². The van der Waals surface area contributed by atoms with Crippen LogP contribution in [0.25, 0.3) is 0 Å². The standard InChI is InChI=1S/Ni.HO3P/c;1-4(2)3/h;(H-,1,2,3)/p+1. The Kier molecular flexibility index (Phi) is 8.21. The van der Waals surface area contributed by atoms with Crippen LogP contribution >= 0.6 is 8.25 Å². The second-order valence-electron chi connectivity index (χ2n) is 0.253. The summed E-state index contributed by atoms with van der Waals surface area (Å²) in [6.07, 6.45) is 0. The first-order valence-corrected chi connectivity index (χ1v) is 1.75. The van der Waals surface area contributed by atoms with Crippen LogP contribution in [0.4, 0.5) is 0 Å². The molecule has 5 heavy (non-hydrogen) atoms. The third-order valence-corrected chi connectivity index (χ3v) is 0. The van der Waals surface area contributed by atoms with Gasteiger partial charge < -0.3 is 0 Å². The van der Waals surface area contributed by atoms with Crippen LogP contribution in [-0.4, -0.2) is 9.79 Å². The summed E-state index contributed by atoms with van der Waals surface area (Å²) in [5.41, 5.74) is 0. The maximum Gasteiger partial charge on any atom is 0.692 e. The third kappa shape index (κ3) is 108.